The summed E-state index contributed by atoms with van der Waals surface area (Å²) in [6, 6.07) is 0. The number of carbonyl (C=O) groups is 1. The van der Waals surface area contributed by atoms with Gasteiger partial charge >= 0.3 is 0 Å². The first-order chi connectivity index (χ1) is 8.41. The van der Waals surface area contributed by atoms with Crippen molar-refractivity contribution in [3.8, 4) is 0 Å². The van der Waals surface area contributed by atoms with Crippen LogP contribution in [0.1, 0.15) is 25.7 Å². The molecule has 5 nitrogen and oxygen atoms in total. The fourth-order valence-corrected chi connectivity index (χ4v) is 1.78. The van der Waals surface area contributed by atoms with Gasteiger partial charge < -0.3 is 24.4 Å². The smallest absolute Gasteiger partial charge is 0.0828 e. The van der Waals surface area contributed by atoms with Gasteiger partial charge in [0.2, 0.25) is 0 Å². The van der Waals surface area contributed by atoms with Gasteiger partial charge in [0, 0.05) is 25.7 Å². The highest BCUT2D eigenvalue weighted by atomic mass is 16.5. The molecule has 0 heterocycles. The van der Waals surface area contributed by atoms with Crippen molar-refractivity contribution in [3.05, 3.63) is 0 Å². The second-order valence-corrected chi connectivity index (χ2v) is 5.20. The Morgan fingerprint density at radius 1 is 1.06 bits per heavy atom. The average Bonchev–Trinajstić information content (AvgIpc) is 2.20. The molecule has 108 valence electrons. The Morgan fingerprint density at radius 2 is 1.61 bits per heavy atom. The lowest BCUT2D eigenvalue weighted by atomic mass is 10.2. The van der Waals surface area contributed by atoms with Crippen molar-refractivity contribution in [2.45, 2.75) is 31.8 Å². The largest absolute Gasteiger partial charge is 0.550 e. The number of unbranched alkanes of at least 4 members (excludes halogenated alkanes) is 2. The summed E-state index contributed by atoms with van der Waals surface area (Å²) >= 11 is 0. The van der Waals surface area contributed by atoms with Crippen LogP contribution in [0.15, 0.2) is 0 Å². The van der Waals surface area contributed by atoms with E-state index in [1.54, 1.807) is 0 Å². The second kappa shape index (κ2) is 10.3. The Kier molecular flexibility index (Phi) is 9.92. The minimum absolute atomic E-state index is 0.152. The fourth-order valence-electron chi connectivity index (χ4n) is 1.78. The average molecular weight is 259 g/mol. The van der Waals surface area contributed by atoms with E-state index in [9.17, 15) is 9.90 Å². The first-order valence-electron chi connectivity index (χ1n) is 6.52. The summed E-state index contributed by atoms with van der Waals surface area (Å²) in [6.07, 6.45) is 2.82. The number of aliphatic carboxylic acids is 1. The van der Waals surface area contributed by atoms with Gasteiger partial charge in [-0.05, 0) is 47.5 Å². The third-order valence-corrected chi connectivity index (χ3v) is 2.52. The van der Waals surface area contributed by atoms with Crippen molar-refractivity contribution in [2.24, 2.45) is 0 Å². The molecule has 0 saturated carbocycles. The number of carboxylic acids is 1. The Hall–Kier alpha value is -0.650. The molecular weight excluding hydrogens is 232 g/mol. The van der Waals surface area contributed by atoms with Crippen molar-refractivity contribution < 1.29 is 14.6 Å². The van der Waals surface area contributed by atoms with Gasteiger partial charge in [0.15, 0.2) is 0 Å². The summed E-state index contributed by atoms with van der Waals surface area (Å²) in [4.78, 5) is 14.5. The summed E-state index contributed by atoms with van der Waals surface area (Å²) in [7, 11) is 8.13. The van der Waals surface area contributed by atoms with Crippen LogP contribution in [0, 0.1) is 0 Å². The lowest BCUT2D eigenvalue weighted by molar-refractivity contribution is -0.305. The van der Waals surface area contributed by atoms with Gasteiger partial charge in [0.25, 0.3) is 0 Å². The van der Waals surface area contributed by atoms with E-state index in [0.717, 1.165) is 25.9 Å². The van der Waals surface area contributed by atoms with Crippen LogP contribution >= 0.6 is 0 Å². The van der Waals surface area contributed by atoms with E-state index in [-0.39, 0.29) is 12.5 Å². The Labute approximate surface area is 111 Å². The predicted octanol–water partition coefficient (Wildman–Crippen LogP) is -0.195. The molecule has 0 unspecified atom stereocenters. The van der Waals surface area contributed by atoms with Gasteiger partial charge in [-0.3, -0.25) is 0 Å². The molecule has 0 aromatic rings. The first kappa shape index (κ1) is 17.4. The lowest BCUT2D eigenvalue weighted by Crippen LogP contribution is -2.37. The molecule has 0 rings (SSSR count). The zero-order chi connectivity index (χ0) is 14.0. The highest BCUT2D eigenvalue weighted by Gasteiger charge is 2.11. The molecular formula is C13H27N2O3-. The number of rotatable bonds is 11. The SMILES string of the molecule is CN(C)CC(CN(C)C)OCCCCCC(=O)[O-]. The Balaban J connectivity index is 3.65. The quantitative estimate of drug-likeness (QED) is 0.481. The van der Waals surface area contributed by atoms with Gasteiger partial charge in [0.05, 0.1) is 6.10 Å². The van der Waals surface area contributed by atoms with Gasteiger partial charge in [0.1, 0.15) is 0 Å². The summed E-state index contributed by atoms with van der Waals surface area (Å²) in [6.45, 7) is 2.49. The molecule has 0 aliphatic rings. The fraction of sp³-hybridized carbons (Fsp3) is 0.923. The molecule has 0 radical (unpaired) electrons. The molecule has 0 aliphatic carbocycles. The summed E-state index contributed by atoms with van der Waals surface area (Å²) in [5.41, 5.74) is 0. The molecule has 0 fully saturated rings. The molecule has 0 amide bonds. The monoisotopic (exact) mass is 259 g/mol. The zero-order valence-electron chi connectivity index (χ0n) is 12.1. The van der Waals surface area contributed by atoms with Crippen LogP contribution in [0.5, 0.6) is 0 Å². The summed E-state index contributed by atoms with van der Waals surface area (Å²) in [5, 5.41) is 10.2. The van der Waals surface area contributed by atoms with Crippen molar-refractivity contribution in [3.63, 3.8) is 0 Å². The predicted molar refractivity (Wildman–Crippen MR) is 70.3 cm³/mol. The van der Waals surface area contributed by atoms with Crippen LogP contribution in [0.4, 0.5) is 0 Å². The number of ether oxygens (including phenoxy) is 1. The molecule has 0 bridgehead atoms. The van der Waals surface area contributed by atoms with E-state index in [0.29, 0.717) is 13.0 Å². The van der Waals surface area contributed by atoms with Gasteiger partial charge in [-0.1, -0.05) is 6.42 Å². The number of hydrogen-bond acceptors (Lipinski definition) is 5. The molecule has 0 aromatic carbocycles. The highest BCUT2D eigenvalue weighted by molar-refractivity contribution is 5.63. The van der Waals surface area contributed by atoms with Crippen LogP contribution < -0.4 is 5.11 Å². The number of nitrogens with zero attached hydrogens (tertiary/aromatic N) is 2. The number of hydrogen-bond donors (Lipinski definition) is 0. The molecule has 0 saturated heterocycles. The van der Waals surface area contributed by atoms with Crippen LogP contribution in [0.25, 0.3) is 0 Å². The molecule has 0 aromatic heterocycles. The van der Waals surface area contributed by atoms with E-state index in [1.165, 1.54) is 0 Å². The van der Waals surface area contributed by atoms with Crippen molar-refractivity contribution in [1.29, 1.82) is 0 Å². The van der Waals surface area contributed by atoms with E-state index in [2.05, 4.69) is 9.80 Å². The lowest BCUT2D eigenvalue weighted by Gasteiger charge is -2.24. The maximum atomic E-state index is 10.2. The molecule has 18 heavy (non-hydrogen) atoms. The van der Waals surface area contributed by atoms with Crippen LogP contribution in [0.2, 0.25) is 0 Å². The van der Waals surface area contributed by atoms with Crippen molar-refractivity contribution in [1.82, 2.24) is 9.80 Å². The third-order valence-electron chi connectivity index (χ3n) is 2.52. The molecule has 0 atom stereocenters. The molecule has 0 spiro atoms. The van der Waals surface area contributed by atoms with Crippen molar-refractivity contribution >= 4 is 5.97 Å². The maximum Gasteiger partial charge on any atom is 0.0828 e. The standard InChI is InChI=1S/C13H28N2O3/c1-14(2)10-12(11-15(3)4)18-9-7-5-6-8-13(16)17/h12H,5-11H2,1-4H3,(H,16,17)/p-1. The Morgan fingerprint density at radius 3 is 2.06 bits per heavy atom. The maximum absolute atomic E-state index is 10.2. The van der Waals surface area contributed by atoms with Crippen LogP contribution in [-0.2, 0) is 9.53 Å². The van der Waals surface area contributed by atoms with E-state index in [1.807, 2.05) is 28.2 Å². The topological polar surface area (TPSA) is 55.8 Å². The number of carboxylic acid groups (broad SMARTS) is 1. The van der Waals surface area contributed by atoms with Crippen LogP contribution in [-0.4, -0.2) is 69.8 Å². The van der Waals surface area contributed by atoms with Crippen LogP contribution in [0.3, 0.4) is 0 Å². The molecule has 5 heteroatoms. The molecule has 0 N–H and O–H groups in total. The second-order valence-electron chi connectivity index (χ2n) is 5.20. The summed E-state index contributed by atoms with van der Waals surface area (Å²) < 4.78 is 5.82. The highest BCUT2D eigenvalue weighted by Crippen LogP contribution is 2.03. The Bertz CT molecular complexity index is 210. The zero-order valence-corrected chi connectivity index (χ0v) is 12.1. The molecule has 0 aliphatic heterocycles. The van der Waals surface area contributed by atoms with Crippen molar-refractivity contribution in [2.75, 3.05) is 47.9 Å². The first-order valence-corrected chi connectivity index (χ1v) is 6.52. The minimum Gasteiger partial charge on any atom is -0.550 e. The van der Waals surface area contributed by atoms with Gasteiger partial charge in [-0.2, -0.15) is 0 Å². The van der Waals surface area contributed by atoms with Gasteiger partial charge in [-0.25, -0.2) is 0 Å². The normalized spacial score (nSPS) is 11.7. The number of likely N-dealkylation sites (N-methyl/N-ethyl adjacent to an activating group) is 2. The summed E-state index contributed by atoms with van der Waals surface area (Å²) in [5.74, 6) is -0.964. The third kappa shape index (κ3) is 11.8. The van der Waals surface area contributed by atoms with Gasteiger partial charge in [-0.15, -0.1) is 0 Å². The van der Waals surface area contributed by atoms with E-state index >= 15 is 0 Å². The van der Waals surface area contributed by atoms with E-state index < -0.39 is 5.97 Å². The van der Waals surface area contributed by atoms with E-state index in [4.69, 9.17) is 4.74 Å². The minimum atomic E-state index is -0.964. The number of carbonyl (C=O) groups excluding carboxylic acids is 1.